The van der Waals surface area contributed by atoms with Crippen molar-refractivity contribution in [2.24, 2.45) is 0 Å². The Balaban J connectivity index is 2.04. The van der Waals surface area contributed by atoms with Gasteiger partial charge in [-0.1, -0.05) is 0 Å². The Morgan fingerprint density at radius 1 is 1.03 bits per heavy atom. The van der Waals surface area contributed by atoms with Gasteiger partial charge in [-0.2, -0.15) is 0 Å². The zero-order valence-corrected chi connectivity index (χ0v) is 15.5. The second-order valence-electron chi connectivity index (χ2n) is 5.77. The van der Waals surface area contributed by atoms with Crippen LogP contribution in [0.25, 0.3) is 10.9 Å². The number of fused-ring (bicyclic) bond motifs is 1. The van der Waals surface area contributed by atoms with Crippen molar-refractivity contribution in [2.75, 3.05) is 27.4 Å². The highest BCUT2D eigenvalue weighted by molar-refractivity contribution is 5.88. The van der Waals surface area contributed by atoms with Gasteiger partial charge < -0.3 is 18.9 Å². The highest BCUT2D eigenvalue weighted by Crippen LogP contribution is 2.38. The number of methoxy groups -OCH3 is 2. The van der Waals surface area contributed by atoms with Crippen LogP contribution in [0.5, 0.6) is 23.0 Å². The summed E-state index contributed by atoms with van der Waals surface area (Å²) in [6, 6.07) is 5.74. The summed E-state index contributed by atoms with van der Waals surface area (Å²) >= 11 is 0. The fourth-order valence-corrected chi connectivity index (χ4v) is 2.58. The molecule has 1 heterocycles. The standard InChI is InChI=1S/C19H16F2N2O6/c1-26-5-6-28-18-9-12-15(10-17(18)27-2)22-4-3-16(12)29-19-13(20)7-11(23(24)25)8-14(19)21/h3-4,7-10H,5-6H2,1-2H3. The number of benzene rings is 2. The quantitative estimate of drug-likeness (QED) is 0.314. The average Bonchev–Trinajstić information content (AvgIpc) is 2.70. The van der Waals surface area contributed by atoms with Crippen LogP contribution in [0, 0.1) is 21.7 Å². The molecule has 0 radical (unpaired) electrons. The normalized spacial score (nSPS) is 10.8. The van der Waals surface area contributed by atoms with Crippen LogP contribution in [0.2, 0.25) is 0 Å². The molecule has 0 saturated heterocycles. The van der Waals surface area contributed by atoms with E-state index in [-0.39, 0.29) is 12.4 Å². The zero-order valence-electron chi connectivity index (χ0n) is 15.5. The van der Waals surface area contributed by atoms with Crippen molar-refractivity contribution < 1.29 is 32.7 Å². The third-order valence-corrected chi connectivity index (χ3v) is 3.94. The van der Waals surface area contributed by atoms with Gasteiger partial charge in [0.25, 0.3) is 5.69 Å². The van der Waals surface area contributed by atoms with Crippen LogP contribution < -0.4 is 14.2 Å². The highest BCUT2D eigenvalue weighted by atomic mass is 19.1. The molecule has 3 aromatic rings. The maximum Gasteiger partial charge on any atom is 0.275 e. The Labute approximate surface area is 163 Å². The summed E-state index contributed by atoms with van der Waals surface area (Å²) in [5, 5.41) is 11.1. The van der Waals surface area contributed by atoms with E-state index in [1.165, 1.54) is 26.5 Å². The molecule has 0 fully saturated rings. The lowest BCUT2D eigenvalue weighted by atomic mass is 10.1. The smallest absolute Gasteiger partial charge is 0.275 e. The van der Waals surface area contributed by atoms with Crippen LogP contribution in [-0.2, 0) is 4.74 Å². The molecule has 0 bridgehead atoms. The number of aromatic nitrogens is 1. The Morgan fingerprint density at radius 3 is 2.38 bits per heavy atom. The molecule has 10 heteroatoms. The number of nitro benzene ring substituents is 1. The Hall–Kier alpha value is -3.53. The molecule has 3 rings (SSSR count). The third-order valence-electron chi connectivity index (χ3n) is 3.94. The van der Waals surface area contributed by atoms with Gasteiger partial charge in [0.05, 0.1) is 36.3 Å². The lowest BCUT2D eigenvalue weighted by Crippen LogP contribution is -2.05. The second-order valence-corrected chi connectivity index (χ2v) is 5.77. The molecule has 1 aromatic heterocycles. The van der Waals surface area contributed by atoms with Gasteiger partial charge in [0.15, 0.2) is 28.9 Å². The SMILES string of the molecule is COCCOc1cc2c(Oc3c(F)cc([N+](=O)[O-])cc3F)ccnc2cc1OC. The molecule has 0 saturated carbocycles. The number of ether oxygens (including phenoxy) is 4. The monoisotopic (exact) mass is 406 g/mol. The van der Waals surface area contributed by atoms with E-state index in [1.54, 1.807) is 12.1 Å². The summed E-state index contributed by atoms with van der Waals surface area (Å²) in [7, 11) is 3.00. The van der Waals surface area contributed by atoms with Crippen LogP contribution in [0.4, 0.5) is 14.5 Å². The third kappa shape index (κ3) is 4.32. The van der Waals surface area contributed by atoms with E-state index in [2.05, 4.69) is 4.98 Å². The van der Waals surface area contributed by atoms with Crippen molar-refractivity contribution in [3.05, 3.63) is 58.3 Å². The molecule has 0 unspecified atom stereocenters. The predicted octanol–water partition coefficient (Wildman–Crippen LogP) is 4.25. The van der Waals surface area contributed by atoms with Gasteiger partial charge in [0.1, 0.15) is 12.4 Å². The summed E-state index contributed by atoms with van der Waals surface area (Å²) in [6.45, 7) is 0.594. The number of rotatable bonds is 8. The van der Waals surface area contributed by atoms with Gasteiger partial charge in [-0.3, -0.25) is 15.1 Å². The van der Waals surface area contributed by atoms with Gasteiger partial charge in [-0.15, -0.1) is 0 Å². The van der Waals surface area contributed by atoms with Gasteiger partial charge in [-0.05, 0) is 12.1 Å². The van der Waals surface area contributed by atoms with Crippen molar-refractivity contribution in [1.29, 1.82) is 0 Å². The largest absolute Gasteiger partial charge is 0.493 e. The molecule has 0 spiro atoms. The molecule has 0 aliphatic heterocycles. The van der Waals surface area contributed by atoms with Crippen molar-refractivity contribution in [3.63, 3.8) is 0 Å². The first-order valence-corrected chi connectivity index (χ1v) is 8.34. The zero-order chi connectivity index (χ0) is 21.0. The van der Waals surface area contributed by atoms with Crippen LogP contribution in [0.1, 0.15) is 0 Å². The summed E-state index contributed by atoms with van der Waals surface area (Å²) < 4.78 is 49.7. The summed E-state index contributed by atoms with van der Waals surface area (Å²) in [5.74, 6) is -2.31. The van der Waals surface area contributed by atoms with E-state index in [9.17, 15) is 18.9 Å². The minimum absolute atomic E-state index is 0.0842. The fourth-order valence-electron chi connectivity index (χ4n) is 2.58. The molecule has 0 aliphatic carbocycles. The first-order chi connectivity index (χ1) is 13.9. The van der Waals surface area contributed by atoms with E-state index in [0.29, 0.717) is 41.1 Å². The van der Waals surface area contributed by atoms with Crippen molar-refractivity contribution in [3.8, 4) is 23.0 Å². The highest BCUT2D eigenvalue weighted by Gasteiger charge is 2.20. The molecule has 2 aromatic carbocycles. The molecule has 0 N–H and O–H groups in total. The first kappa shape index (κ1) is 20.2. The van der Waals surface area contributed by atoms with Gasteiger partial charge in [0, 0.05) is 24.8 Å². The molecule has 152 valence electrons. The lowest BCUT2D eigenvalue weighted by molar-refractivity contribution is -0.385. The number of halogens is 2. The average molecular weight is 406 g/mol. The predicted molar refractivity (Wildman–Crippen MR) is 98.8 cm³/mol. The number of nitro groups is 1. The van der Waals surface area contributed by atoms with E-state index in [0.717, 1.165) is 0 Å². The van der Waals surface area contributed by atoms with E-state index in [1.807, 2.05) is 0 Å². The molecule has 8 nitrogen and oxygen atoms in total. The summed E-state index contributed by atoms with van der Waals surface area (Å²) in [6.07, 6.45) is 1.39. The van der Waals surface area contributed by atoms with Crippen molar-refractivity contribution >= 4 is 16.6 Å². The maximum absolute atomic E-state index is 14.2. The number of pyridine rings is 1. The summed E-state index contributed by atoms with van der Waals surface area (Å²) in [4.78, 5) is 14.0. The van der Waals surface area contributed by atoms with Crippen molar-refractivity contribution in [2.45, 2.75) is 0 Å². The minimum Gasteiger partial charge on any atom is -0.493 e. The van der Waals surface area contributed by atoms with E-state index < -0.39 is 28.0 Å². The van der Waals surface area contributed by atoms with Gasteiger partial charge >= 0.3 is 0 Å². The maximum atomic E-state index is 14.2. The van der Waals surface area contributed by atoms with Crippen molar-refractivity contribution in [1.82, 2.24) is 4.98 Å². The van der Waals surface area contributed by atoms with Crippen LogP contribution >= 0.6 is 0 Å². The Kier molecular flexibility index (Phi) is 6.03. The van der Waals surface area contributed by atoms with Crippen LogP contribution in [0.3, 0.4) is 0 Å². The Bertz CT molecular complexity index is 1040. The van der Waals surface area contributed by atoms with E-state index >= 15 is 0 Å². The summed E-state index contributed by atoms with van der Waals surface area (Å²) in [5.41, 5.74) is -0.285. The number of nitrogens with zero attached hydrogens (tertiary/aromatic N) is 2. The topological polar surface area (TPSA) is 93.0 Å². The van der Waals surface area contributed by atoms with Crippen LogP contribution in [0.15, 0.2) is 36.5 Å². The van der Waals surface area contributed by atoms with E-state index in [4.69, 9.17) is 18.9 Å². The van der Waals surface area contributed by atoms with Gasteiger partial charge in [-0.25, -0.2) is 8.78 Å². The molecular weight excluding hydrogens is 390 g/mol. The number of hydrogen-bond donors (Lipinski definition) is 0. The molecule has 0 aliphatic rings. The van der Waals surface area contributed by atoms with Gasteiger partial charge in [0.2, 0.25) is 0 Å². The number of hydrogen-bond acceptors (Lipinski definition) is 7. The molecule has 0 atom stereocenters. The first-order valence-electron chi connectivity index (χ1n) is 8.34. The fraction of sp³-hybridized carbons (Fsp3) is 0.211. The molecular formula is C19H16F2N2O6. The second kappa shape index (κ2) is 8.65. The molecule has 29 heavy (non-hydrogen) atoms. The lowest BCUT2D eigenvalue weighted by Gasteiger charge is -2.14. The minimum atomic E-state index is -1.20. The van der Waals surface area contributed by atoms with Crippen LogP contribution in [-0.4, -0.2) is 37.3 Å². The molecule has 0 amide bonds. The number of non-ortho nitro benzene ring substituents is 1. The Morgan fingerprint density at radius 2 is 1.76 bits per heavy atom.